The van der Waals surface area contributed by atoms with Gasteiger partial charge in [0.1, 0.15) is 12.1 Å². The zero-order valence-electron chi connectivity index (χ0n) is 9.98. The van der Waals surface area contributed by atoms with Gasteiger partial charge in [-0.1, -0.05) is 0 Å². The minimum atomic E-state index is 0.798. The molecule has 3 heterocycles. The molecule has 0 saturated carbocycles. The number of nitrogens with one attached hydrogen (secondary N) is 1. The number of aromatic nitrogens is 2. The Morgan fingerprint density at radius 2 is 2.24 bits per heavy atom. The van der Waals surface area contributed by atoms with Crippen molar-refractivity contribution >= 4 is 5.82 Å². The van der Waals surface area contributed by atoms with Gasteiger partial charge in [0.15, 0.2) is 0 Å². The van der Waals surface area contributed by atoms with Crippen molar-refractivity contribution in [2.24, 2.45) is 0 Å². The first-order valence-corrected chi connectivity index (χ1v) is 6.31. The maximum atomic E-state index is 5.49. The number of rotatable bonds is 1. The standard InChI is InChI=1S/C12H18N4O/c1-4-16(5-7-17-6-1)12-10-8-13-3-2-11(10)14-9-15-12/h9,13H,1-8H2. The summed E-state index contributed by atoms with van der Waals surface area (Å²) >= 11 is 0. The number of anilines is 1. The van der Waals surface area contributed by atoms with Crippen LogP contribution in [0.1, 0.15) is 17.7 Å². The van der Waals surface area contributed by atoms with Gasteiger partial charge in [0.05, 0.1) is 12.3 Å². The van der Waals surface area contributed by atoms with Crippen LogP contribution >= 0.6 is 0 Å². The average molecular weight is 234 g/mol. The lowest BCUT2D eigenvalue weighted by Crippen LogP contribution is -2.32. The molecule has 5 nitrogen and oxygen atoms in total. The molecule has 0 bridgehead atoms. The highest BCUT2D eigenvalue weighted by atomic mass is 16.5. The predicted molar refractivity (Wildman–Crippen MR) is 65.1 cm³/mol. The number of hydrogen-bond acceptors (Lipinski definition) is 5. The molecule has 1 aromatic heterocycles. The molecule has 0 spiro atoms. The minimum absolute atomic E-state index is 0.798. The highest BCUT2D eigenvalue weighted by Gasteiger charge is 2.20. The van der Waals surface area contributed by atoms with E-state index >= 15 is 0 Å². The third-order valence-electron chi connectivity index (χ3n) is 3.37. The molecule has 92 valence electrons. The highest BCUT2D eigenvalue weighted by Crippen LogP contribution is 2.23. The van der Waals surface area contributed by atoms with Crippen molar-refractivity contribution in [2.75, 3.05) is 37.7 Å². The molecule has 1 fully saturated rings. The van der Waals surface area contributed by atoms with Crippen molar-refractivity contribution in [3.8, 4) is 0 Å². The van der Waals surface area contributed by atoms with Crippen LogP contribution in [0.3, 0.4) is 0 Å². The molecule has 0 atom stereocenters. The Bertz CT molecular complexity index is 388. The van der Waals surface area contributed by atoms with E-state index in [9.17, 15) is 0 Å². The summed E-state index contributed by atoms with van der Waals surface area (Å²) in [6.07, 6.45) is 3.78. The smallest absolute Gasteiger partial charge is 0.136 e. The summed E-state index contributed by atoms with van der Waals surface area (Å²) in [6, 6.07) is 0. The van der Waals surface area contributed by atoms with Crippen LogP contribution in [-0.4, -0.2) is 42.8 Å². The molecule has 0 aromatic carbocycles. The summed E-state index contributed by atoms with van der Waals surface area (Å²) in [4.78, 5) is 11.2. The fraction of sp³-hybridized carbons (Fsp3) is 0.667. The van der Waals surface area contributed by atoms with E-state index in [1.54, 1.807) is 6.33 Å². The van der Waals surface area contributed by atoms with Crippen LogP contribution in [0.2, 0.25) is 0 Å². The third-order valence-corrected chi connectivity index (χ3v) is 3.37. The lowest BCUT2D eigenvalue weighted by molar-refractivity contribution is 0.152. The number of nitrogens with zero attached hydrogens (tertiary/aromatic N) is 3. The Labute approximate surface area is 101 Å². The second kappa shape index (κ2) is 4.98. The molecular formula is C12H18N4O. The lowest BCUT2D eigenvalue weighted by atomic mass is 10.1. The van der Waals surface area contributed by atoms with Crippen LogP contribution in [0.5, 0.6) is 0 Å². The Kier molecular flexibility index (Phi) is 3.20. The summed E-state index contributed by atoms with van der Waals surface area (Å²) in [5.74, 6) is 1.10. The molecule has 0 aliphatic carbocycles. The van der Waals surface area contributed by atoms with Gasteiger partial charge in [-0.15, -0.1) is 0 Å². The van der Waals surface area contributed by atoms with Crippen molar-refractivity contribution in [3.63, 3.8) is 0 Å². The van der Waals surface area contributed by atoms with E-state index in [1.165, 1.54) is 11.3 Å². The summed E-state index contributed by atoms with van der Waals surface area (Å²) in [6.45, 7) is 5.54. The maximum Gasteiger partial charge on any atom is 0.136 e. The predicted octanol–water partition coefficient (Wildman–Crippen LogP) is 0.349. The van der Waals surface area contributed by atoms with Gasteiger partial charge < -0.3 is 15.0 Å². The molecule has 1 aromatic rings. The van der Waals surface area contributed by atoms with Gasteiger partial charge in [-0.3, -0.25) is 0 Å². The second-order valence-electron chi connectivity index (χ2n) is 4.50. The van der Waals surface area contributed by atoms with Crippen molar-refractivity contribution < 1.29 is 4.74 Å². The average Bonchev–Trinajstić information content (AvgIpc) is 2.67. The van der Waals surface area contributed by atoms with Crippen molar-refractivity contribution in [2.45, 2.75) is 19.4 Å². The first kappa shape index (κ1) is 10.9. The van der Waals surface area contributed by atoms with Crippen LogP contribution in [-0.2, 0) is 17.7 Å². The lowest BCUT2D eigenvalue weighted by Gasteiger charge is -2.26. The van der Waals surface area contributed by atoms with Gasteiger partial charge in [-0.25, -0.2) is 9.97 Å². The summed E-state index contributed by atoms with van der Waals surface area (Å²) in [5.41, 5.74) is 2.49. The summed E-state index contributed by atoms with van der Waals surface area (Å²) < 4.78 is 5.49. The molecule has 0 amide bonds. The molecule has 2 aliphatic rings. The Morgan fingerprint density at radius 3 is 3.24 bits per heavy atom. The minimum Gasteiger partial charge on any atom is -0.380 e. The highest BCUT2D eigenvalue weighted by molar-refractivity contribution is 5.49. The van der Waals surface area contributed by atoms with Crippen LogP contribution in [0.4, 0.5) is 5.82 Å². The van der Waals surface area contributed by atoms with E-state index in [4.69, 9.17) is 4.74 Å². The monoisotopic (exact) mass is 234 g/mol. The molecule has 2 aliphatic heterocycles. The van der Waals surface area contributed by atoms with Crippen molar-refractivity contribution in [3.05, 3.63) is 17.6 Å². The van der Waals surface area contributed by atoms with Gasteiger partial charge in [-0.05, 0) is 6.42 Å². The molecule has 1 saturated heterocycles. The molecule has 1 N–H and O–H groups in total. The van der Waals surface area contributed by atoms with E-state index in [2.05, 4.69) is 20.2 Å². The maximum absolute atomic E-state index is 5.49. The molecular weight excluding hydrogens is 216 g/mol. The fourth-order valence-electron chi connectivity index (χ4n) is 2.49. The van der Waals surface area contributed by atoms with Gasteiger partial charge in [0.25, 0.3) is 0 Å². The van der Waals surface area contributed by atoms with Crippen LogP contribution < -0.4 is 10.2 Å². The molecule has 0 unspecified atom stereocenters. The summed E-state index contributed by atoms with van der Waals surface area (Å²) in [7, 11) is 0. The first-order chi connectivity index (χ1) is 8.45. The van der Waals surface area contributed by atoms with Crippen LogP contribution in [0.15, 0.2) is 6.33 Å². The molecule has 17 heavy (non-hydrogen) atoms. The molecule has 0 radical (unpaired) electrons. The van der Waals surface area contributed by atoms with Crippen LogP contribution in [0, 0.1) is 0 Å². The first-order valence-electron chi connectivity index (χ1n) is 6.31. The quantitative estimate of drug-likeness (QED) is 0.760. The van der Waals surface area contributed by atoms with E-state index in [-0.39, 0.29) is 0 Å². The van der Waals surface area contributed by atoms with E-state index in [1.807, 2.05) is 0 Å². The van der Waals surface area contributed by atoms with Crippen molar-refractivity contribution in [1.82, 2.24) is 15.3 Å². The van der Waals surface area contributed by atoms with Gasteiger partial charge in [0.2, 0.25) is 0 Å². The van der Waals surface area contributed by atoms with Gasteiger partial charge in [-0.2, -0.15) is 0 Å². The normalized spacial score (nSPS) is 20.8. The van der Waals surface area contributed by atoms with Crippen molar-refractivity contribution in [1.29, 1.82) is 0 Å². The zero-order chi connectivity index (χ0) is 11.5. The Hall–Kier alpha value is -1.20. The second-order valence-corrected chi connectivity index (χ2v) is 4.50. The van der Waals surface area contributed by atoms with Gasteiger partial charge in [0, 0.05) is 44.8 Å². The third kappa shape index (κ3) is 2.25. The number of ether oxygens (including phenoxy) is 1. The summed E-state index contributed by atoms with van der Waals surface area (Å²) in [5, 5.41) is 3.40. The topological polar surface area (TPSA) is 50.3 Å². The molecule has 3 rings (SSSR count). The Balaban J connectivity index is 1.90. The Morgan fingerprint density at radius 1 is 1.24 bits per heavy atom. The number of hydrogen-bond donors (Lipinski definition) is 1. The van der Waals surface area contributed by atoms with Crippen LogP contribution in [0.25, 0.3) is 0 Å². The van der Waals surface area contributed by atoms with E-state index in [0.717, 1.165) is 58.1 Å². The van der Waals surface area contributed by atoms with E-state index in [0.29, 0.717) is 0 Å². The SMILES string of the molecule is c1nc2c(c(N3CCCOCC3)n1)CNCC2. The van der Waals surface area contributed by atoms with E-state index < -0.39 is 0 Å². The zero-order valence-corrected chi connectivity index (χ0v) is 9.98. The van der Waals surface area contributed by atoms with Gasteiger partial charge >= 0.3 is 0 Å². The largest absolute Gasteiger partial charge is 0.380 e. The number of fused-ring (bicyclic) bond motifs is 1. The fourth-order valence-corrected chi connectivity index (χ4v) is 2.49. The molecule has 5 heteroatoms.